The zero-order valence-corrected chi connectivity index (χ0v) is 12.9. The Morgan fingerprint density at radius 3 is 2.46 bits per heavy atom. The zero-order valence-electron chi connectivity index (χ0n) is 12.9. The van der Waals surface area contributed by atoms with Crippen molar-refractivity contribution in [2.24, 2.45) is 0 Å². The third-order valence-corrected chi connectivity index (χ3v) is 4.33. The van der Waals surface area contributed by atoms with Crippen molar-refractivity contribution in [2.75, 3.05) is 6.54 Å². The molecule has 24 heavy (non-hydrogen) atoms. The van der Waals surface area contributed by atoms with Gasteiger partial charge in [0.1, 0.15) is 17.5 Å². The highest BCUT2D eigenvalue weighted by molar-refractivity contribution is 5.74. The van der Waals surface area contributed by atoms with Crippen LogP contribution in [0.5, 0.6) is 0 Å². The molecule has 126 valence electrons. The number of amides is 2. The maximum Gasteiger partial charge on any atom is 0.315 e. The van der Waals surface area contributed by atoms with Crippen LogP contribution < -0.4 is 10.6 Å². The maximum absolute atomic E-state index is 13.9. The number of hydrogen-bond donors (Lipinski definition) is 2. The highest BCUT2D eigenvalue weighted by Crippen LogP contribution is 2.48. The van der Waals surface area contributed by atoms with Crippen LogP contribution in [0.2, 0.25) is 0 Å². The summed E-state index contributed by atoms with van der Waals surface area (Å²) in [6, 6.07) is 9.10. The second-order valence-corrected chi connectivity index (χ2v) is 6.03. The minimum atomic E-state index is -0.582. The monoisotopic (exact) mass is 334 g/mol. The molecular formula is C18H17F3N2O. The van der Waals surface area contributed by atoms with Crippen LogP contribution >= 0.6 is 0 Å². The first kappa shape index (κ1) is 16.4. The molecule has 3 nitrogen and oxygen atoms in total. The number of hydrogen-bond acceptors (Lipinski definition) is 1. The van der Waals surface area contributed by atoms with Gasteiger partial charge in [-0.1, -0.05) is 18.2 Å². The SMILES string of the molecule is O=C(NCc1cc(F)ccc1F)NCC1(c2ccccc2F)CC1. The van der Waals surface area contributed by atoms with Gasteiger partial charge in [-0.15, -0.1) is 0 Å². The first-order valence-electron chi connectivity index (χ1n) is 7.71. The summed E-state index contributed by atoms with van der Waals surface area (Å²) in [5.41, 5.74) is 0.300. The molecule has 0 saturated heterocycles. The van der Waals surface area contributed by atoms with Gasteiger partial charge in [0.15, 0.2) is 0 Å². The summed E-state index contributed by atoms with van der Waals surface area (Å²) in [4.78, 5) is 11.9. The Hall–Kier alpha value is -2.50. The fourth-order valence-electron chi connectivity index (χ4n) is 2.75. The Labute approximate surface area is 137 Å². The Bertz CT molecular complexity index is 760. The molecule has 0 unspecified atom stereocenters. The van der Waals surface area contributed by atoms with Gasteiger partial charge in [0.05, 0.1) is 0 Å². The lowest BCUT2D eigenvalue weighted by Crippen LogP contribution is -2.39. The molecule has 6 heteroatoms. The number of carbonyl (C=O) groups excluding carboxylic acids is 1. The molecule has 0 bridgehead atoms. The smallest absolute Gasteiger partial charge is 0.315 e. The number of rotatable bonds is 5. The summed E-state index contributed by atoms with van der Waals surface area (Å²) >= 11 is 0. The fourth-order valence-corrected chi connectivity index (χ4v) is 2.75. The van der Waals surface area contributed by atoms with E-state index in [0.717, 1.165) is 31.0 Å². The third kappa shape index (κ3) is 3.53. The van der Waals surface area contributed by atoms with E-state index in [0.29, 0.717) is 12.1 Å². The number of benzene rings is 2. The van der Waals surface area contributed by atoms with Gasteiger partial charge in [-0.2, -0.15) is 0 Å². The van der Waals surface area contributed by atoms with E-state index in [1.165, 1.54) is 6.07 Å². The van der Waals surface area contributed by atoms with Gasteiger partial charge in [0, 0.05) is 24.1 Å². The van der Waals surface area contributed by atoms with Crippen LogP contribution in [-0.4, -0.2) is 12.6 Å². The van der Waals surface area contributed by atoms with E-state index in [1.807, 2.05) is 0 Å². The molecule has 2 aromatic carbocycles. The quantitative estimate of drug-likeness (QED) is 0.861. The average Bonchev–Trinajstić information content (AvgIpc) is 3.35. The van der Waals surface area contributed by atoms with E-state index in [-0.39, 0.29) is 23.3 Å². The van der Waals surface area contributed by atoms with Gasteiger partial charge in [0.2, 0.25) is 0 Å². The van der Waals surface area contributed by atoms with E-state index in [1.54, 1.807) is 18.2 Å². The summed E-state index contributed by atoms with van der Waals surface area (Å²) < 4.78 is 40.5. The van der Waals surface area contributed by atoms with Crippen LogP contribution in [0.4, 0.5) is 18.0 Å². The first-order chi connectivity index (χ1) is 11.5. The summed E-state index contributed by atoms with van der Waals surface area (Å²) in [6.07, 6.45) is 1.60. The highest BCUT2D eigenvalue weighted by Gasteiger charge is 2.45. The Kier molecular flexibility index (Phi) is 4.46. The van der Waals surface area contributed by atoms with Crippen molar-refractivity contribution in [3.63, 3.8) is 0 Å². The van der Waals surface area contributed by atoms with Crippen molar-refractivity contribution in [3.8, 4) is 0 Å². The van der Waals surface area contributed by atoms with Gasteiger partial charge >= 0.3 is 6.03 Å². The molecule has 2 aromatic rings. The van der Waals surface area contributed by atoms with Crippen molar-refractivity contribution in [1.29, 1.82) is 0 Å². The molecular weight excluding hydrogens is 317 g/mol. The molecule has 1 saturated carbocycles. The molecule has 0 aliphatic heterocycles. The molecule has 1 aliphatic rings. The van der Waals surface area contributed by atoms with Crippen LogP contribution in [-0.2, 0) is 12.0 Å². The number of nitrogens with one attached hydrogen (secondary N) is 2. The molecule has 0 atom stereocenters. The topological polar surface area (TPSA) is 41.1 Å². The Balaban J connectivity index is 1.55. The molecule has 0 heterocycles. The van der Waals surface area contributed by atoms with E-state index < -0.39 is 17.7 Å². The predicted molar refractivity (Wildman–Crippen MR) is 83.9 cm³/mol. The van der Waals surface area contributed by atoms with Crippen molar-refractivity contribution in [2.45, 2.75) is 24.8 Å². The van der Waals surface area contributed by atoms with E-state index >= 15 is 0 Å². The predicted octanol–water partition coefficient (Wildman–Crippen LogP) is 3.63. The van der Waals surface area contributed by atoms with Crippen molar-refractivity contribution in [3.05, 3.63) is 71.0 Å². The second-order valence-electron chi connectivity index (χ2n) is 6.03. The average molecular weight is 334 g/mol. The maximum atomic E-state index is 13.9. The Morgan fingerprint density at radius 2 is 1.75 bits per heavy atom. The van der Waals surface area contributed by atoms with Gasteiger partial charge in [0.25, 0.3) is 0 Å². The minimum Gasteiger partial charge on any atom is -0.337 e. The standard InChI is InChI=1S/C18H17F3N2O/c19-13-5-6-15(20)12(9-13)10-22-17(24)23-11-18(7-8-18)14-3-1-2-4-16(14)21/h1-6,9H,7-8,10-11H2,(H2,22,23,24). The van der Waals surface area contributed by atoms with Crippen LogP contribution in [0.15, 0.2) is 42.5 Å². The highest BCUT2D eigenvalue weighted by atomic mass is 19.1. The van der Waals surface area contributed by atoms with Crippen LogP contribution in [0.3, 0.4) is 0 Å². The number of carbonyl (C=O) groups is 1. The molecule has 2 N–H and O–H groups in total. The van der Waals surface area contributed by atoms with Gasteiger partial charge in [-0.25, -0.2) is 18.0 Å². The van der Waals surface area contributed by atoms with Crippen molar-refractivity contribution >= 4 is 6.03 Å². The van der Waals surface area contributed by atoms with Gasteiger partial charge < -0.3 is 10.6 Å². The number of halogens is 3. The van der Waals surface area contributed by atoms with Crippen LogP contribution in [0, 0.1) is 17.5 Å². The molecule has 3 rings (SSSR count). The minimum absolute atomic E-state index is 0.0698. The molecule has 1 fully saturated rings. The lowest BCUT2D eigenvalue weighted by atomic mass is 9.95. The summed E-state index contributed by atoms with van der Waals surface area (Å²) in [5, 5.41) is 5.17. The van der Waals surface area contributed by atoms with Crippen LogP contribution in [0.25, 0.3) is 0 Å². The molecule has 0 spiro atoms. The molecule has 1 aliphatic carbocycles. The molecule has 0 radical (unpaired) electrons. The van der Waals surface area contributed by atoms with Crippen LogP contribution in [0.1, 0.15) is 24.0 Å². The number of urea groups is 1. The van der Waals surface area contributed by atoms with Gasteiger partial charge in [-0.05, 0) is 42.7 Å². The Morgan fingerprint density at radius 1 is 1.00 bits per heavy atom. The lowest BCUT2D eigenvalue weighted by Gasteiger charge is -2.17. The first-order valence-corrected chi connectivity index (χ1v) is 7.71. The van der Waals surface area contributed by atoms with E-state index in [2.05, 4.69) is 10.6 Å². The zero-order chi connectivity index (χ0) is 17.2. The van der Waals surface area contributed by atoms with E-state index in [9.17, 15) is 18.0 Å². The van der Waals surface area contributed by atoms with Crippen molar-refractivity contribution < 1.29 is 18.0 Å². The summed E-state index contributed by atoms with van der Waals surface area (Å²) in [6.45, 7) is 0.174. The second kappa shape index (κ2) is 6.55. The summed E-state index contributed by atoms with van der Waals surface area (Å²) in [5.74, 6) is -1.43. The summed E-state index contributed by atoms with van der Waals surface area (Å²) in [7, 11) is 0. The largest absolute Gasteiger partial charge is 0.337 e. The normalized spacial score (nSPS) is 15.0. The molecule has 0 aromatic heterocycles. The third-order valence-electron chi connectivity index (χ3n) is 4.33. The molecule has 2 amide bonds. The lowest BCUT2D eigenvalue weighted by molar-refractivity contribution is 0.239. The van der Waals surface area contributed by atoms with Gasteiger partial charge in [-0.3, -0.25) is 0 Å². The fraction of sp³-hybridized carbons (Fsp3) is 0.278. The van der Waals surface area contributed by atoms with Crippen molar-refractivity contribution in [1.82, 2.24) is 10.6 Å². The van der Waals surface area contributed by atoms with E-state index in [4.69, 9.17) is 0 Å².